The second-order valence-electron chi connectivity index (χ2n) is 4.70. The van der Waals surface area contributed by atoms with Crippen LogP contribution >= 0.6 is 0 Å². The SMILES string of the molecule is Cc1ccc(N(CC(=O)O)C2CCOCC2)cc1. The van der Waals surface area contributed by atoms with Gasteiger partial charge in [-0.3, -0.25) is 4.79 Å². The van der Waals surface area contributed by atoms with Crippen molar-refractivity contribution in [3.63, 3.8) is 0 Å². The summed E-state index contributed by atoms with van der Waals surface area (Å²) < 4.78 is 5.34. The fraction of sp³-hybridized carbons (Fsp3) is 0.500. The molecule has 0 aromatic heterocycles. The van der Waals surface area contributed by atoms with E-state index in [1.54, 1.807) is 0 Å². The van der Waals surface area contributed by atoms with Crippen molar-refractivity contribution >= 4 is 11.7 Å². The minimum atomic E-state index is -0.790. The van der Waals surface area contributed by atoms with Crippen LogP contribution in [-0.2, 0) is 9.53 Å². The van der Waals surface area contributed by atoms with Gasteiger partial charge in [-0.05, 0) is 31.9 Å². The minimum absolute atomic E-state index is 0.0493. The van der Waals surface area contributed by atoms with Crippen molar-refractivity contribution in [2.24, 2.45) is 0 Å². The molecule has 4 heteroatoms. The maximum absolute atomic E-state index is 11.0. The number of anilines is 1. The summed E-state index contributed by atoms with van der Waals surface area (Å²) in [4.78, 5) is 13.0. The molecule has 1 heterocycles. The first-order valence-electron chi connectivity index (χ1n) is 6.29. The lowest BCUT2D eigenvalue weighted by Crippen LogP contribution is -2.42. The number of rotatable bonds is 4. The summed E-state index contributed by atoms with van der Waals surface area (Å²) in [5, 5.41) is 9.06. The molecule has 0 saturated carbocycles. The Morgan fingerprint density at radius 2 is 1.94 bits per heavy atom. The van der Waals surface area contributed by atoms with E-state index < -0.39 is 5.97 Å². The molecule has 2 rings (SSSR count). The molecule has 0 unspecified atom stereocenters. The van der Waals surface area contributed by atoms with E-state index in [1.165, 1.54) is 5.56 Å². The Balaban J connectivity index is 2.17. The number of aryl methyl sites for hydroxylation is 1. The lowest BCUT2D eigenvalue weighted by molar-refractivity contribution is -0.135. The second-order valence-corrected chi connectivity index (χ2v) is 4.70. The van der Waals surface area contributed by atoms with Crippen LogP contribution in [0.1, 0.15) is 18.4 Å². The zero-order valence-electron chi connectivity index (χ0n) is 10.6. The number of carboxylic acid groups (broad SMARTS) is 1. The van der Waals surface area contributed by atoms with Crippen LogP contribution in [0.15, 0.2) is 24.3 Å². The molecule has 18 heavy (non-hydrogen) atoms. The van der Waals surface area contributed by atoms with Gasteiger partial charge in [0.2, 0.25) is 0 Å². The van der Waals surface area contributed by atoms with Crippen LogP contribution in [0.3, 0.4) is 0 Å². The van der Waals surface area contributed by atoms with Crippen molar-refractivity contribution in [2.45, 2.75) is 25.8 Å². The summed E-state index contributed by atoms with van der Waals surface area (Å²) in [5.41, 5.74) is 2.16. The van der Waals surface area contributed by atoms with Crippen molar-refractivity contribution in [3.05, 3.63) is 29.8 Å². The normalized spacial score (nSPS) is 16.5. The predicted molar refractivity (Wildman–Crippen MR) is 70.0 cm³/mol. The second kappa shape index (κ2) is 5.87. The highest BCUT2D eigenvalue weighted by atomic mass is 16.5. The number of hydrogen-bond donors (Lipinski definition) is 1. The van der Waals surface area contributed by atoms with E-state index in [2.05, 4.69) is 0 Å². The van der Waals surface area contributed by atoms with Gasteiger partial charge in [0.05, 0.1) is 0 Å². The fourth-order valence-electron chi connectivity index (χ4n) is 2.31. The van der Waals surface area contributed by atoms with Crippen molar-refractivity contribution in [1.29, 1.82) is 0 Å². The third-order valence-electron chi connectivity index (χ3n) is 3.30. The van der Waals surface area contributed by atoms with E-state index in [1.807, 2.05) is 36.1 Å². The number of ether oxygens (including phenoxy) is 1. The van der Waals surface area contributed by atoms with Crippen LogP contribution < -0.4 is 4.90 Å². The molecule has 0 bridgehead atoms. The molecule has 0 spiro atoms. The van der Waals surface area contributed by atoms with Gasteiger partial charge in [0.15, 0.2) is 0 Å². The Labute approximate surface area is 107 Å². The summed E-state index contributed by atoms with van der Waals surface area (Å²) in [6, 6.07) is 8.28. The molecule has 1 aromatic carbocycles. The van der Waals surface area contributed by atoms with Gasteiger partial charge in [0.25, 0.3) is 0 Å². The highest BCUT2D eigenvalue weighted by Crippen LogP contribution is 2.23. The van der Waals surface area contributed by atoms with Crippen molar-refractivity contribution in [2.75, 3.05) is 24.7 Å². The molecule has 1 aliphatic heterocycles. The Bertz CT molecular complexity index is 396. The van der Waals surface area contributed by atoms with Crippen LogP contribution in [0.4, 0.5) is 5.69 Å². The van der Waals surface area contributed by atoms with Crippen molar-refractivity contribution in [3.8, 4) is 0 Å². The average molecular weight is 249 g/mol. The molecule has 0 radical (unpaired) electrons. The maximum Gasteiger partial charge on any atom is 0.323 e. The standard InChI is InChI=1S/C14H19NO3/c1-11-2-4-12(5-3-11)15(10-14(16)17)13-6-8-18-9-7-13/h2-5,13H,6-10H2,1H3,(H,16,17). The Hall–Kier alpha value is -1.55. The maximum atomic E-state index is 11.0. The molecular weight excluding hydrogens is 230 g/mol. The van der Waals surface area contributed by atoms with E-state index in [9.17, 15) is 4.79 Å². The largest absolute Gasteiger partial charge is 0.480 e. The van der Waals surface area contributed by atoms with Gasteiger partial charge in [-0.15, -0.1) is 0 Å². The summed E-state index contributed by atoms with van der Waals surface area (Å²) in [6.07, 6.45) is 1.78. The molecule has 1 fully saturated rings. The van der Waals surface area contributed by atoms with E-state index in [0.29, 0.717) is 13.2 Å². The Morgan fingerprint density at radius 1 is 1.33 bits per heavy atom. The average Bonchev–Trinajstić information content (AvgIpc) is 2.38. The summed E-state index contributed by atoms with van der Waals surface area (Å²) in [7, 11) is 0. The van der Waals surface area contributed by atoms with Gasteiger partial charge in [0, 0.05) is 24.9 Å². The van der Waals surface area contributed by atoms with Gasteiger partial charge >= 0.3 is 5.97 Å². The summed E-state index contributed by atoms with van der Waals surface area (Å²) in [5.74, 6) is -0.790. The van der Waals surface area contributed by atoms with Gasteiger partial charge in [-0.25, -0.2) is 0 Å². The first-order valence-corrected chi connectivity index (χ1v) is 6.29. The number of benzene rings is 1. The van der Waals surface area contributed by atoms with Crippen molar-refractivity contribution in [1.82, 2.24) is 0 Å². The zero-order chi connectivity index (χ0) is 13.0. The topological polar surface area (TPSA) is 49.8 Å². The minimum Gasteiger partial charge on any atom is -0.480 e. The third-order valence-corrected chi connectivity index (χ3v) is 3.30. The molecule has 1 aromatic rings. The van der Waals surface area contributed by atoms with E-state index >= 15 is 0 Å². The molecule has 98 valence electrons. The van der Waals surface area contributed by atoms with Gasteiger partial charge in [-0.1, -0.05) is 17.7 Å². The van der Waals surface area contributed by atoms with Crippen LogP contribution in [0.25, 0.3) is 0 Å². The third kappa shape index (κ3) is 3.23. The van der Waals surface area contributed by atoms with Crippen LogP contribution in [0.2, 0.25) is 0 Å². The van der Waals surface area contributed by atoms with Gasteiger partial charge in [0.1, 0.15) is 6.54 Å². The quantitative estimate of drug-likeness (QED) is 0.887. The zero-order valence-corrected chi connectivity index (χ0v) is 10.6. The molecule has 0 aliphatic carbocycles. The fourth-order valence-corrected chi connectivity index (χ4v) is 2.31. The van der Waals surface area contributed by atoms with Crippen LogP contribution in [0, 0.1) is 6.92 Å². The Kier molecular flexibility index (Phi) is 4.20. The lowest BCUT2D eigenvalue weighted by atomic mass is 10.1. The predicted octanol–water partition coefficient (Wildman–Crippen LogP) is 2.07. The lowest BCUT2D eigenvalue weighted by Gasteiger charge is -2.35. The van der Waals surface area contributed by atoms with E-state index in [4.69, 9.17) is 9.84 Å². The van der Waals surface area contributed by atoms with E-state index in [-0.39, 0.29) is 12.6 Å². The molecular formula is C14H19NO3. The van der Waals surface area contributed by atoms with Crippen LogP contribution in [0.5, 0.6) is 0 Å². The van der Waals surface area contributed by atoms with Crippen molar-refractivity contribution < 1.29 is 14.6 Å². The monoisotopic (exact) mass is 249 g/mol. The first-order chi connectivity index (χ1) is 8.66. The number of carboxylic acids is 1. The molecule has 4 nitrogen and oxygen atoms in total. The highest BCUT2D eigenvalue weighted by Gasteiger charge is 2.23. The number of carbonyl (C=O) groups is 1. The summed E-state index contributed by atoms with van der Waals surface area (Å²) in [6.45, 7) is 3.51. The number of aliphatic carboxylic acids is 1. The molecule has 0 amide bonds. The molecule has 1 aliphatic rings. The van der Waals surface area contributed by atoms with Gasteiger partial charge in [-0.2, -0.15) is 0 Å². The molecule has 1 saturated heterocycles. The first kappa shape index (κ1) is 12.9. The smallest absolute Gasteiger partial charge is 0.323 e. The number of hydrogen-bond acceptors (Lipinski definition) is 3. The number of nitrogens with zero attached hydrogens (tertiary/aromatic N) is 1. The van der Waals surface area contributed by atoms with Crippen LogP contribution in [-0.4, -0.2) is 36.9 Å². The summed E-state index contributed by atoms with van der Waals surface area (Å²) >= 11 is 0. The highest BCUT2D eigenvalue weighted by molar-refractivity contribution is 5.74. The Morgan fingerprint density at radius 3 is 2.50 bits per heavy atom. The molecule has 0 atom stereocenters. The molecule has 1 N–H and O–H groups in total. The van der Waals surface area contributed by atoms with Gasteiger partial charge < -0.3 is 14.7 Å². The van der Waals surface area contributed by atoms with E-state index in [0.717, 1.165) is 18.5 Å².